The van der Waals surface area contributed by atoms with Crippen LogP contribution in [0.1, 0.15) is 15.9 Å². The maximum atomic E-state index is 11.0. The van der Waals surface area contributed by atoms with Crippen LogP contribution in [-0.4, -0.2) is 13.4 Å². The van der Waals surface area contributed by atoms with Gasteiger partial charge in [0.2, 0.25) is 0 Å². The minimum Gasteiger partial charge on any atom is -0.496 e. The second-order valence-corrected chi connectivity index (χ2v) is 5.40. The van der Waals surface area contributed by atoms with E-state index in [-0.39, 0.29) is 6.61 Å². The molecule has 0 aliphatic heterocycles. The van der Waals surface area contributed by atoms with Crippen molar-refractivity contribution >= 4 is 33.8 Å². The van der Waals surface area contributed by atoms with Crippen LogP contribution in [0, 0.1) is 0 Å². The molecule has 0 aliphatic carbocycles. The Morgan fingerprint density at radius 3 is 2.65 bits per heavy atom. The van der Waals surface area contributed by atoms with E-state index < -0.39 is 0 Å². The highest BCUT2D eigenvalue weighted by Crippen LogP contribution is 2.26. The predicted octanol–water partition coefficient (Wildman–Crippen LogP) is 4.50. The molecule has 0 radical (unpaired) electrons. The van der Waals surface area contributed by atoms with Crippen molar-refractivity contribution in [2.45, 2.75) is 6.61 Å². The van der Waals surface area contributed by atoms with Crippen molar-refractivity contribution in [1.82, 2.24) is 0 Å². The highest BCUT2D eigenvalue weighted by atomic mass is 79.9. The summed E-state index contributed by atoms with van der Waals surface area (Å²) in [6.07, 6.45) is 0.759. The molecule has 2 aromatic rings. The van der Waals surface area contributed by atoms with Gasteiger partial charge in [-0.05, 0) is 36.4 Å². The van der Waals surface area contributed by atoms with Gasteiger partial charge in [0.05, 0.1) is 12.7 Å². The zero-order valence-electron chi connectivity index (χ0n) is 10.7. The van der Waals surface area contributed by atoms with Crippen LogP contribution in [0.4, 0.5) is 0 Å². The number of hydrogen-bond acceptors (Lipinski definition) is 3. The summed E-state index contributed by atoms with van der Waals surface area (Å²) in [5, 5.41) is 0.607. The van der Waals surface area contributed by atoms with Gasteiger partial charge in [0.15, 0.2) is 6.29 Å². The Labute approximate surface area is 130 Å². The third-order valence-electron chi connectivity index (χ3n) is 2.72. The van der Waals surface area contributed by atoms with E-state index in [1.807, 2.05) is 6.07 Å². The lowest BCUT2D eigenvalue weighted by Crippen LogP contribution is -2.00. The number of carbonyl (C=O) groups is 1. The second kappa shape index (κ2) is 6.77. The summed E-state index contributed by atoms with van der Waals surface area (Å²) in [6, 6.07) is 10.6. The standard InChI is InChI=1S/C15H12BrClO3/c1-19-14-5-3-13(17)7-11(14)9-20-15-4-2-12(16)6-10(15)8-18/h2-8H,9H2,1H3. The van der Waals surface area contributed by atoms with E-state index in [0.717, 1.165) is 16.3 Å². The summed E-state index contributed by atoms with van der Waals surface area (Å²) in [4.78, 5) is 11.0. The van der Waals surface area contributed by atoms with E-state index in [2.05, 4.69) is 15.9 Å². The van der Waals surface area contributed by atoms with Gasteiger partial charge in [0.1, 0.15) is 18.1 Å². The van der Waals surface area contributed by atoms with Crippen LogP contribution in [0.5, 0.6) is 11.5 Å². The Morgan fingerprint density at radius 2 is 1.95 bits per heavy atom. The quantitative estimate of drug-likeness (QED) is 0.741. The van der Waals surface area contributed by atoms with Crippen molar-refractivity contribution < 1.29 is 14.3 Å². The molecule has 0 saturated heterocycles. The van der Waals surface area contributed by atoms with Gasteiger partial charge in [-0.1, -0.05) is 27.5 Å². The summed E-state index contributed by atoms with van der Waals surface area (Å²) >= 11 is 9.27. The van der Waals surface area contributed by atoms with Gasteiger partial charge in [-0.25, -0.2) is 0 Å². The van der Waals surface area contributed by atoms with E-state index in [4.69, 9.17) is 21.1 Å². The number of halogens is 2. The first-order chi connectivity index (χ1) is 9.63. The van der Waals surface area contributed by atoms with Crippen LogP contribution in [0.25, 0.3) is 0 Å². The number of carbonyl (C=O) groups excluding carboxylic acids is 1. The molecule has 2 aromatic carbocycles. The summed E-state index contributed by atoms with van der Waals surface area (Å²) in [6.45, 7) is 0.270. The molecule has 0 spiro atoms. The third kappa shape index (κ3) is 3.52. The highest BCUT2D eigenvalue weighted by Gasteiger charge is 2.08. The monoisotopic (exact) mass is 354 g/mol. The van der Waals surface area contributed by atoms with E-state index in [0.29, 0.717) is 22.1 Å². The topological polar surface area (TPSA) is 35.5 Å². The third-order valence-corrected chi connectivity index (χ3v) is 3.45. The predicted molar refractivity (Wildman–Crippen MR) is 81.9 cm³/mol. The first kappa shape index (κ1) is 14.9. The molecular weight excluding hydrogens is 344 g/mol. The molecule has 0 heterocycles. The normalized spacial score (nSPS) is 10.2. The number of rotatable bonds is 5. The van der Waals surface area contributed by atoms with E-state index in [9.17, 15) is 4.79 Å². The Balaban J connectivity index is 2.20. The van der Waals surface area contributed by atoms with Gasteiger partial charge in [-0.3, -0.25) is 4.79 Å². The molecule has 0 saturated carbocycles. The van der Waals surface area contributed by atoms with Crippen molar-refractivity contribution in [2.75, 3.05) is 7.11 Å². The average molecular weight is 356 g/mol. The van der Waals surface area contributed by atoms with Crippen LogP contribution in [0.3, 0.4) is 0 Å². The maximum Gasteiger partial charge on any atom is 0.153 e. The molecule has 0 atom stereocenters. The first-order valence-electron chi connectivity index (χ1n) is 5.84. The van der Waals surface area contributed by atoms with E-state index >= 15 is 0 Å². The fourth-order valence-electron chi connectivity index (χ4n) is 1.76. The van der Waals surface area contributed by atoms with Gasteiger partial charge in [0, 0.05) is 15.1 Å². The van der Waals surface area contributed by atoms with Crippen LogP contribution in [-0.2, 0) is 6.61 Å². The Kier molecular flexibility index (Phi) is 5.04. The zero-order valence-corrected chi connectivity index (χ0v) is 13.1. The second-order valence-electron chi connectivity index (χ2n) is 4.04. The smallest absolute Gasteiger partial charge is 0.153 e. The molecule has 104 valence electrons. The van der Waals surface area contributed by atoms with E-state index in [1.54, 1.807) is 37.4 Å². The number of methoxy groups -OCH3 is 1. The van der Waals surface area contributed by atoms with Gasteiger partial charge in [-0.15, -0.1) is 0 Å². The van der Waals surface area contributed by atoms with Crippen molar-refractivity contribution in [3.8, 4) is 11.5 Å². The van der Waals surface area contributed by atoms with Crippen LogP contribution in [0.2, 0.25) is 5.02 Å². The van der Waals surface area contributed by atoms with Crippen molar-refractivity contribution in [3.05, 3.63) is 57.0 Å². The number of benzene rings is 2. The van der Waals surface area contributed by atoms with Gasteiger partial charge in [0.25, 0.3) is 0 Å². The molecule has 3 nitrogen and oxygen atoms in total. The molecular formula is C15H12BrClO3. The molecule has 0 amide bonds. The Hall–Kier alpha value is -1.52. The summed E-state index contributed by atoms with van der Waals surface area (Å²) in [5.41, 5.74) is 1.31. The van der Waals surface area contributed by atoms with Crippen LogP contribution in [0.15, 0.2) is 40.9 Å². The molecule has 20 heavy (non-hydrogen) atoms. The van der Waals surface area contributed by atoms with Gasteiger partial charge in [-0.2, -0.15) is 0 Å². The lowest BCUT2D eigenvalue weighted by molar-refractivity contribution is 0.111. The number of aldehydes is 1. The summed E-state index contributed by atoms with van der Waals surface area (Å²) in [5.74, 6) is 1.21. The molecule has 0 aliphatic rings. The fourth-order valence-corrected chi connectivity index (χ4v) is 2.33. The molecule has 5 heteroatoms. The van der Waals surface area contributed by atoms with Crippen molar-refractivity contribution in [3.63, 3.8) is 0 Å². The molecule has 2 rings (SSSR count). The van der Waals surface area contributed by atoms with Crippen molar-refractivity contribution in [2.24, 2.45) is 0 Å². The first-order valence-corrected chi connectivity index (χ1v) is 7.01. The highest BCUT2D eigenvalue weighted by molar-refractivity contribution is 9.10. The van der Waals surface area contributed by atoms with Gasteiger partial charge < -0.3 is 9.47 Å². The largest absolute Gasteiger partial charge is 0.496 e. The minimum atomic E-state index is 0.270. The Morgan fingerprint density at radius 1 is 1.20 bits per heavy atom. The molecule has 0 N–H and O–H groups in total. The molecule has 0 aromatic heterocycles. The lowest BCUT2D eigenvalue weighted by Gasteiger charge is -2.12. The lowest BCUT2D eigenvalue weighted by atomic mass is 10.2. The molecule has 0 fully saturated rings. The average Bonchev–Trinajstić information content (AvgIpc) is 2.46. The zero-order chi connectivity index (χ0) is 14.5. The van der Waals surface area contributed by atoms with Crippen molar-refractivity contribution in [1.29, 1.82) is 0 Å². The SMILES string of the molecule is COc1ccc(Cl)cc1COc1ccc(Br)cc1C=O. The van der Waals surface area contributed by atoms with Crippen LogP contribution >= 0.6 is 27.5 Å². The summed E-state index contributed by atoms with van der Waals surface area (Å²) < 4.78 is 11.8. The van der Waals surface area contributed by atoms with Gasteiger partial charge >= 0.3 is 0 Å². The Bertz CT molecular complexity index is 629. The fraction of sp³-hybridized carbons (Fsp3) is 0.133. The number of ether oxygens (including phenoxy) is 2. The maximum absolute atomic E-state index is 11.0. The molecule has 0 unspecified atom stereocenters. The summed E-state index contributed by atoms with van der Waals surface area (Å²) in [7, 11) is 1.59. The number of hydrogen-bond donors (Lipinski definition) is 0. The molecule has 0 bridgehead atoms. The van der Waals surface area contributed by atoms with Crippen LogP contribution < -0.4 is 9.47 Å². The minimum absolute atomic E-state index is 0.270. The van der Waals surface area contributed by atoms with E-state index in [1.165, 1.54) is 0 Å².